The summed E-state index contributed by atoms with van der Waals surface area (Å²) >= 11 is 7.45. The Balaban J connectivity index is 1.78. The number of carbonyl (C=O) groups is 2. The van der Waals surface area contributed by atoms with E-state index >= 15 is 0 Å². The van der Waals surface area contributed by atoms with Crippen molar-refractivity contribution in [2.45, 2.75) is 0 Å². The Bertz CT molecular complexity index is 1080. The largest absolute Gasteiger partial charge is 0.317 e. The number of amides is 2. The molecule has 29 heavy (non-hydrogen) atoms. The number of hydrogen-bond donors (Lipinski definition) is 2. The summed E-state index contributed by atoms with van der Waals surface area (Å²) in [6, 6.07) is 16.1. The van der Waals surface area contributed by atoms with E-state index < -0.39 is 17.6 Å². The minimum absolute atomic E-state index is 0.0250. The van der Waals surface area contributed by atoms with Crippen LogP contribution >= 0.6 is 22.9 Å². The smallest absolute Gasteiger partial charge is 0.287 e. The molecule has 0 spiro atoms. The molecular weight excluding hydrogens is 413 g/mol. The monoisotopic (exact) mass is 427 g/mol. The minimum Gasteiger partial charge on any atom is -0.317 e. The summed E-state index contributed by atoms with van der Waals surface area (Å²) in [6.07, 6.45) is 2.71. The molecule has 1 heterocycles. The Labute approximate surface area is 175 Å². The third-order valence-corrected chi connectivity index (χ3v) is 4.86. The predicted molar refractivity (Wildman–Crippen MR) is 113 cm³/mol. The number of nitrogens with one attached hydrogen (secondary N) is 2. The van der Waals surface area contributed by atoms with E-state index in [2.05, 4.69) is 15.8 Å². The normalized spacial score (nSPS) is 11.4. The Morgan fingerprint density at radius 3 is 2.52 bits per heavy atom. The van der Waals surface area contributed by atoms with Crippen LogP contribution in [0.15, 0.2) is 76.8 Å². The van der Waals surface area contributed by atoms with Gasteiger partial charge in [-0.25, -0.2) is 9.82 Å². The standard InChI is InChI=1S/C21H15ClFN3O2S/c22-17-9-3-2-8-16(17)20(27)25-19(12-15-7-5-11-29-15)21(28)26-24-13-14-6-1-4-10-18(14)23/h1-13H,(H,25,27)(H,26,28). The highest BCUT2D eigenvalue weighted by molar-refractivity contribution is 7.10. The summed E-state index contributed by atoms with van der Waals surface area (Å²) in [5, 5.41) is 8.43. The molecule has 0 aliphatic heterocycles. The molecule has 3 rings (SSSR count). The van der Waals surface area contributed by atoms with Gasteiger partial charge in [0.25, 0.3) is 11.8 Å². The molecule has 8 heteroatoms. The van der Waals surface area contributed by atoms with Gasteiger partial charge in [0.2, 0.25) is 0 Å². The molecule has 2 N–H and O–H groups in total. The van der Waals surface area contributed by atoms with Gasteiger partial charge in [-0.3, -0.25) is 9.59 Å². The fraction of sp³-hybridized carbons (Fsp3) is 0. The van der Waals surface area contributed by atoms with Crippen LogP contribution in [0.1, 0.15) is 20.8 Å². The number of carbonyl (C=O) groups excluding carboxylic acids is 2. The highest BCUT2D eigenvalue weighted by Gasteiger charge is 2.16. The number of thiophene rings is 1. The van der Waals surface area contributed by atoms with Gasteiger partial charge < -0.3 is 5.32 Å². The molecule has 0 saturated carbocycles. The average Bonchev–Trinajstić information content (AvgIpc) is 3.22. The summed E-state index contributed by atoms with van der Waals surface area (Å²) in [4.78, 5) is 25.9. The zero-order chi connectivity index (χ0) is 20.6. The molecule has 0 bridgehead atoms. The first-order valence-corrected chi connectivity index (χ1v) is 9.69. The van der Waals surface area contributed by atoms with Crippen molar-refractivity contribution in [1.29, 1.82) is 0 Å². The summed E-state index contributed by atoms with van der Waals surface area (Å²) in [5.74, 6) is -1.66. The van der Waals surface area contributed by atoms with Crippen LogP contribution in [-0.2, 0) is 4.79 Å². The van der Waals surface area contributed by atoms with Crippen LogP contribution in [-0.4, -0.2) is 18.0 Å². The molecule has 0 saturated heterocycles. The van der Waals surface area contributed by atoms with E-state index in [1.807, 2.05) is 11.4 Å². The van der Waals surface area contributed by atoms with Gasteiger partial charge in [0, 0.05) is 10.4 Å². The first-order chi connectivity index (χ1) is 14.0. The van der Waals surface area contributed by atoms with E-state index in [1.54, 1.807) is 42.5 Å². The lowest BCUT2D eigenvalue weighted by Gasteiger charge is -2.09. The SMILES string of the molecule is O=C(NN=Cc1ccccc1F)C(=Cc1cccs1)NC(=O)c1ccccc1Cl. The summed E-state index contributed by atoms with van der Waals surface area (Å²) < 4.78 is 13.6. The molecule has 0 radical (unpaired) electrons. The maximum absolute atomic E-state index is 13.6. The van der Waals surface area contributed by atoms with Crippen molar-refractivity contribution in [3.63, 3.8) is 0 Å². The predicted octanol–water partition coefficient (Wildman–Crippen LogP) is 4.46. The lowest BCUT2D eigenvalue weighted by Crippen LogP contribution is -2.33. The number of benzene rings is 2. The highest BCUT2D eigenvalue weighted by Crippen LogP contribution is 2.16. The van der Waals surface area contributed by atoms with Crippen LogP contribution in [0.25, 0.3) is 6.08 Å². The number of halogens is 2. The molecule has 0 aliphatic rings. The van der Waals surface area contributed by atoms with Gasteiger partial charge in [-0.05, 0) is 35.7 Å². The second-order valence-corrected chi connectivity index (χ2v) is 7.11. The molecule has 5 nitrogen and oxygen atoms in total. The summed E-state index contributed by atoms with van der Waals surface area (Å²) in [7, 11) is 0. The van der Waals surface area contributed by atoms with Crippen LogP contribution in [0.2, 0.25) is 5.02 Å². The van der Waals surface area contributed by atoms with E-state index in [9.17, 15) is 14.0 Å². The Morgan fingerprint density at radius 1 is 1.03 bits per heavy atom. The second kappa shape index (κ2) is 9.77. The molecule has 0 fully saturated rings. The molecule has 146 valence electrons. The van der Waals surface area contributed by atoms with E-state index in [0.29, 0.717) is 0 Å². The lowest BCUT2D eigenvalue weighted by atomic mass is 10.2. The van der Waals surface area contributed by atoms with Gasteiger partial charge in [-0.2, -0.15) is 5.10 Å². The molecule has 2 aromatic carbocycles. The number of nitrogens with zero attached hydrogens (tertiary/aromatic N) is 1. The lowest BCUT2D eigenvalue weighted by molar-refractivity contribution is -0.117. The number of hydrogen-bond acceptors (Lipinski definition) is 4. The Morgan fingerprint density at radius 2 is 1.79 bits per heavy atom. The Kier molecular flexibility index (Phi) is 6.89. The molecule has 3 aromatic rings. The molecule has 0 atom stereocenters. The van der Waals surface area contributed by atoms with Crippen molar-refractivity contribution in [3.05, 3.63) is 98.6 Å². The molecule has 2 amide bonds. The first-order valence-electron chi connectivity index (χ1n) is 8.43. The van der Waals surface area contributed by atoms with Crippen molar-refractivity contribution in [1.82, 2.24) is 10.7 Å². The minimum atomic E-state index is -0.661. The number of hydrazone groups is 1. The van der Waals surface area contributed by atoms with Crippen LogP contribution in [0.5, 0.6) is 0 Å². The topological polar surface area (TPSA) is 70.6 Å². The van der Waals surface area contributed by atoms with Crippen LogP contribution in [0.3, 0.4) is 0 Å². The van der Waals surface area contributed by atoms with Gasteiger partial charge in [-0.15, -0.1) is 11.3 Å². The second-order valence-electron chi connectivity index (χ2n) is 5.73. The molecule has 0 unspecified atom stereocenters. The van der Waals surface area contributed by atoms with Crippen LogP contribution in [0.4, 0.5) is 4.39 Å². The third kappa shape index (κ3) is 5.60. The van der Waals surface area contributed by atoms with Crippen molar-refractivity contribution >= 4 is 47.0 Å². The Hall–Kier alpha value is -3.29. The van der Waals surface area contributed by atoms with E-state index in [4.69, 9.17) is 11.6 Å². The van der Waals surface area contributed by atoms with E-state index in [0.717, 1.165) is 4.88 Å². The molecule has 1 aromatic heterocycles. The highest BCUT2D eigenvalue weighted by atomic mass is 35.5. The van der Waals surface area contributed by atoms with Gasteiger partial charge in [0.15, 0.2) is 0 Å². The summed E-state index contributed by atoms with van der Waals surface area (Å²) in [5.41, 5.74) is 2.72. The quantitative estimate of drug-likeness (QED) is 0.346. The first kappa shape index (κ1) is 20.4. The van der Waals surface area contributed by atoms with Gasteiger partial charge in [-0.1, -0.05) is 48.0 Å². The van der Waals surface area contributed by atoms with E-state index in [1.165, 1.54) is 35.8 Å². The van der Waals surface area contributed by atoms with Gasteiger partial charge in [0.1, 0.15) is 11.5 Å². The zero-order valence-electron chi connectivity index (χ0n) is 14.9. The van der Waals surface area contributed by atoms with Crippen LogP contribution in [0, 0.1) is 5.82 Å². The van der Waals surface area contributed by atoms with Crippen molar-refractivity contribution in [2.75, 3.05) is 0 Å². The molecular formula is C21H15ClFN3O2S. The fourth-order valence-corrected chi connectivity index (χ4v) is 3.19. The van der Waals surface area contributed by atoms with Crippen molar-refractivity contribution in [2.24, 2.45) is 5.10 Å². The van der Waals surface area contributed by atoms with Crippen LogP contribution < -0.4 is 10.7 Å². The maximum atomic E-state index is 13.6. The third-order valence-electron chi connectivity index (χ3n) is 3.72. The van der Waals surface area contributed by atoms with Crippen molar-refractivity contribution < 1.29 is 14.0 Å². The number of rotatable bonds is 6. The van der Waals surface area contributed by atoms with Gasteiger partial charge in [0.05, 0.1) is 16.8 Å². The van der Waals surface area contributed by atoms with Gasteiger partial charge >= 0.3 is 0 Å². The average molecular weight is 428 g/mol. The fourth-order valence-electron chi connectivity index (χ4n) is 2.31. The maximum Gasteiger partial charge on any atom is 0.287 e. The summed E-state index contributed by atoms with van der Waals surface area (Å²) in [6.45, 7) is 0. The van der Waals surface area contributed by atoms with E-state index in [-0.39, 0.29) is 21.8 Å². The molecule has 0 aliphatic carbocycles. The van der Waals surface area contributed by atoms with Crippen molar-refractivity contribution in [3.8, 4) is 0 Å². The zero-order valence-corrected chi connectivity index (χ0v) is 16.5.